The summed E-state index contributed by atoms with van der Waals surface area (Å²) in [4.78, 5) is 20.1. The first kappa shape index (κ1) is 12.5. The summed E-state index contributed by atoms with van der Waals surface area (Å²) in [7, 11) is 0. The Balaban J connectivity index is 2.12. The Kier molecular flexibility index (Phi) is 3.85. The minimum absolute atomic E-state index is 0.142. The highest BCUT2D eigenvalue weighted by Crippen LogP contribution is 2.17. The number of nitrogen functional groups attached to an aromatic ring is 1. The molecule has 94 valence electrons. The average Bonchev–Trinajstić information content (AvgIpc) is 2.92. The number of anilines is 1. The summed E-state index contributed by atoms with van der Waals surface area (Å²) >= 11 is 1.50. The Labute approximate surface area is 108 Å². The molecular weight excluding hydrogens is 250 g/mol. The first-order valence-corrected chi connectivity index (χ1v) is 6.21. The molecule has 4 N–H and O–H groups in total. The number of pyridine rings is 1. The summed E-state index contributed by atoms with van der Waals surface area (Å²) in [5.41, 5.74) is 3.39. The molecule has 1 amide bonds. The molecule has 0 saturated heterocycles. The first-order valence-electron chi connectivity index (χ1n) is 5.33. The average molecular weight is 263 g/mol. The van der Waals surface area contributed by atoms with Crippen molar-refractivity contribution in [1.82, 2.24) is 15.3 Å². The Morgan fingerprint density at radius 3 is 3.00 bits per heavy atom. The number of amides is 1. The van der Waals surface area contributed by atoms with Gasteiger partial charge in [-0.1, -0.05) is 0 Å². The van der Waals surface area contributed by atoms with Gasteiger partial charge in [0.05, 0.1) is 23.5 Å². The van der Waals surface area contributed by atoms with Crippen LogP contribution in [0.4, 0.5) is 5.69 Å². The van der Waals surface area contributed by atoms with Crippen molar-refractivity contribution >= 4 is 22.9 Å². The number of nitrogens with two attached hydrogens (primary N) is 1. The molecule has 6 nitrogen and oxygen atoms in total. The van der Waals surface area contributed by atoms with Crippen molar-refractivity contribution in [3.05, 3.63) is 40.6 Å². The molecule has 0 aliphatic rings. The van der Waals surface area contributed by atoms with Gasteiger partial charge in [0.15, 0.2) is 0 Å². The van der Waals surface area contributed by atoms with Crippen LogP contribution < -0.4 is 16.6 Å². The molecule has 0 radical (unpaired) electrons. The largest absolute Gasteiger partial charge is 0.343 e. The molecule has 2 rings (SSSR count). The summed E-state index contributed by atoms with van der Waals surface area (Å²) < 4.78 is 0. The summed E-state index contributed by atoms with van der Waals surface area (Å²) in [6.45, 7) is 1.88. The first-order chi connectivity index (χ1) is 8.72. The fourth-order valence-electron chi connectivity index (χ4n) is 1.49. The van der Waals surface area contributed by atoms with Gasteiger partial charge in [0.1, 0.15) is 5.01 Å². The molecule has 0 aromatic carbocycles. The standard InChI is InChI=1S/C11H13N5OS/c1-7(11-14-4-5-18-11)15-10(17)8-2-3-13-6-9(8)16-12/h2-7,16H,12H2,1H3,(H,15,17). The van der Waals surface area contributed by atoms with Gasteiger partial charge in [-0.25, -0.2) is 4.98 Å². The van der Waals surface area contributed by atoms with Gasteiger partial charge in [-0.2, -0.15) is 0 Å². The van der Waals surface area contributed by atoms with E-state index >= 15 is 0 Å². The zero-order chi connectivity index (χ0) is 13.0. The van der Waals surface area contributed by atoms with E-state index in [1.54, 1.807) is 18.5 Å². The van der Waals surface area contributed by atoms with E-state index in [0.29, 0.717) is 11.3 Å². The second kappa shape index (κ2) is 5.56. The van der Waals surface area contributed by atoms with E-state index in [0.717, 1.165) is 5.01 Å². The van der Waals surface area contributed by atoms with Crippen molar-refractivity contribution in [3.63, 3.8) is 0 Å². The molecule has 0 fully saturated rings. The van der Waals surface area contributed by atoms with Crippen molar-refractivity contribution in [2.75, 3.05) is 5.43 Å². The van der Waals surface area contributed by atoms with Gasteiger partial charge in [0.2, 0.25) is 0 Å². The number of hydrogen-bond acceptors (Lipinski definition) is 6. The zero-order valence-corrected chi connectivity index (χ0v) is 10.6. The summed E-state index contributed by atoms with van der Waals surface area (Å²) in [6.07, 6.45) is 4.76. The topological polar surface area (TPSA) is 92.9 Å². The molecule has 18 heavy (non-hydrogen) atoms. The molecule has 0 saturated carbocycles. The van der Waals surface area contributed by atoms with Crippen molar-refractivity contribution < 1.29 is 4.79 Å². The van der Waals surface area contributed by atoms with Crippen LogP contribution in [0.2, 0.25) is 0 Å². The van der Waals surface area contributed by atoms with Crippen molar-refractivity contribution in [2.24, 2.45) is 5.84 Å². The molecule has 2 heterocycles. The molecule has 2 aromatic heterocycles. The number of hydrogen-bond donors (Lipinski definition) is 3. The molecule has 7 heteroatoms. The van der Waals surface area contributed by atoms with Gasteiger partial charge in [0, 0.05) is 17.8 Å². The van der Waals surface area contributed by atoms with Crippen molar-refractivity contribution in [2.45, 2.75) is 13.0 Å². The number of hydrazine groups is 1. The fraction of sp³-hybridized carbons (Fsp3) is 0.182. The number of carbonyl (C=O) groups is 1. The van der Waals surface area contributed by atoms with Crippen LogP contribution in [0.3, 0.4) is 0 Å². The van der Waals surface area contributed by atoms with Gasteiger partial charge in [0.25, 0.3) is 5.91 Å². The van der Waals surface area contributed by atoms with Crippen LogP contribution in [-0.4, -0.2) is 15.9 Å². The minimum atomic E-state index is -0.215. The molecular formula is C11H13N5OS. The molecule has 1 atom stereocenters. The number of nitrogens with zero attached hydrogens (tertiary/aromatic N) is 2. The second-order valence-corrected chi connectivity index (χ2v) is 4.56. The Bertz CT molecular complexity index is 528. The maximum Gasteiger partial charge on any atom is 0.254 e. The smallest absolute Gasteiger partial charge is 0.254 e. The van der Waals surface area contributed by atoms with Gasteiger partial charge in [-0.15, -0.1) is 11.3 Å². The third-order valence-electron chi connectivity index (χ3n) is 2.39. The van der Waals surface area contributed by atoms with E-state index in [9.17, 15) is 4.79 Å². The Morgan fingerprint density at radius 1 is 1.50 bits per heavy atom. The van der Waals surface area contributed by atoms with Crippen LogP contribution in [0.1, 0.15) is 28.3 Å². The maximum absolute atomic E-state index is 12.1. The Hall–Kier alpha value is -1.99. The van der Waals surface area contributed by atoms with E-state index in [4.69, 9.17) is 5.84 Å². The zero-order valence-electron chi connectivity index (χ0n) is 9.75. The third kappa shape index (κ3) is 2.63. The lowest BCUT2D eigenvalue weighted by Crippen LogP contribution is -2.28. The minimum Gasteiger partial charge on any atom is -0.343 e. The highest BCUT2D eigenvalue weighted by molar-refractivity contribution is 7.09. The van der Waals surface area contributed by atoms with Crippen LogP contribution in [0.5, 0.6) is 0 Å². The van der Waals surface area contributed by atoms with Gasteiger partial charge < -0.3 is 10.7 Å². The lowest BCUT2D eigenvalue weighted by Gasteiger charge is -2.13. The number of aromatic nitrogens is 2. The lowest BCUT2D eigenvalue weighted by molar-refractivity contribution is 0.0940. The van der Waals surface area contributed by atoms with Crippen LogP contribution in [0, 0.1) is 0 Å². The SMILES string of the molecule is CC(NC(=O)c1ccncc1NN)c1nccs1. The fourth-order valence-corrected chi connectivity index (χ4v) is 2.14. The molecule has 0 bridgehead atoms. The molecule has 2 aromatic rings. The van der Waals surface area contributed by atoms with Crippen LogP contribution in [0.15, 0.2) is 30.0 Å². The maximum atomic E-state index is 12.1. The lowest BCUT2D eigenvalue weighted by atomic mass is 10.2. The molecule has 0 aliphatic carbocycles. The predicted octanol–water partition coefficient (Wildman–Crippen LogP) is 1.31. The monoisotopic (exact) mass is 263 g/mol. The molecule has 0 spiro atoms. The molecule has 0 aliphatic heterocycles. The number of rotatable bonds is 4. The van der Waals surface area contributed by atoms with E-state index in [1.165, 1.54) is 17.5 Å². The highest BCUT2D eigenvalue weighted by atomic mass is 32.1. The van der Waals surface area contributed by atoms with E-state index < -0.39 is 0 Å². The van der Waals surface area contributed by atoms with Gasteiger partial charge in [-0.3, -0.25) is 15.6 Å². The highest BCUT2D eigenvalue weighted by Gasteiger charge is 2.15. The summed E-state index contributed by atoms with van der Waals surface area (Å²) in [6, 6.07) is 1.47. The second-order valence-electron chi connectivity index (χ2n) is 3.63. The van der Waals surface area contributed by atoms with Crippen LogP contribution in [-0.2, 0) is 0 Å². The van der Waals surface area contributed by atoms with Crippen LogP contribution in [0.25, 0.3) is 0 Å². The van der Waals surface area contributed by atoms with Gasteiger partial charge >= 0.3 is 0 Å². The van der Waals surface area contributed by atoms with Gasteiger partial charge in [-0.05, 0) is 13.0 Å². The van der Waals surface area contributed by atoms with Crippen molar-refractivity contribution in [3.8, 4) is 0 Å². The normalized spacial score (nSPS) is 11.9. The quantitative estimate of drug-likeness (QED) is 0.571. The number of carbonyl (C=O) groups excluding carboxylic acids is 1. The van der Waals surface area contributed by atoms with E-state index in [1.807, 2.05) is 12.3 Å². The van der Waals surface area contributed by atoms with Crippen molar-refractivity contribution in [1.29, 1.82) is 0 Å². The Morgan fingerprint density at radius 2 is 2.33 bits per heavy atom. The van der Waals surface area contributed by atoms with E-state index in [-0.39, 0.29) is 11.9 Å². The number of nitrogens with one attached hydrogen (secondary N) is 2. The molecule has 1 unspecified atom stereocenters. The summed E-state index contributed by atoms with van der Waals surface area (Å²) in [5.74, 6) is 5.12. The van der Waals surface area contributed by atoms with Crippen LogP contribution >= 0.6 is 11.3 Å². The number of thiazole rings is 1. The predicted molar refractivity (Wildman–Crippen MR) is 70.0 cm³/mol. The van der Waals surface area contributed by atoms with E-state index in [2.05, 4.69) is 20.7 Å². The summed E-state index contributed by atoms with van der Waals surface area (Å²) in [5, 5.41) is 5.59. The third-order valence-corrected chi connectivity index (χ3v) is 3.35.